The molecule has 2 N–H and O–H groups in total. The highest BCUT2D eigenvalue weighted by molar-refractivity contribution is 5.32. The standard InChI is InChI=1S/C11H18N2O.2C2H6/c1-5-7-11-10(6-2)12-8(3)9(4)13(11)14;2*1-2/h5-9,12,14H,2H2,1,3-4H3;2*1-2H3/b7-5-;;. The molecule has 0 amide bonds. The first-order valence-electron chi connectivity index (χ1n) is 6.85. The number of hydroxylamine groups is 2. The number of rotatable bonds is 2. The predicted molar refractivity (Wildman–Crippen MR) is 80.4 cm³/mol. The van der Waals surface area contributed by atoms with Crippen LogP contribution in [0.15, 0.2) is 36.2 Å². The van der Waals surface area contributed by atoms with E-state index in [4.69, 9.17) is 0 Å². The van der Waals surface area contributed by atoms with Crippen LogP contribution in [0.2, 0.25) is 0 Å². The number of nitrogens with one attached hydrogen (secondary N) is 1. The van der Waals surface area contributed by atoms with Gasteiger partial charge in [-0.25, -0.2) is 0 Å². The smallest absolute Gasteiger partial charge is 0.0866 e. The fourth-order valence-corrected chi connectivity index (χ4v) is 1.48. The Morgan fingerprint density at radius 3 is 2.11 bits per heavy atom. The Morgan fingerprint density at radius 1 is 1.22 bits per heavy atom. The minimum Gasteiger partial charge on any atom is -0.379 e. The molecule has 0 spiro atoms. The highest BCUT2D eigenvalue weighted by Crippen LogP contribution is 2.20. The zero-order valence-corrected chi connectivity index (χ0v) is 13.0. The molecule has 0 aromatic heterocycles. The van der Waals surface area contributed by atoms with Crippen LogP contribution in [0.1, 0.15) is 48.5 Å². The molecular weight excluding hydrogens is 224 g/mol. The summed E-state index contributed by atoms with van der Waals surface area (Å²) in [5.41, 5.74) is 1.64. The van der Waals surface area contributed by atoms with Crippen molar-refractivity contribution in [3.63, 3.8) is 0 Å². The van der Waals surface area contributed by atoms with Crippen molar-refractivity contribution in [1.82, 2.24) is 10.4 Å². The largest absolute Gasteiger partial charge is 0.379 e. The molecule has 0 bridgehead atoms. The van der Waals surface area contributed by atoms with E-state index >= 15 is 0 Å². The Labute approximate surface area is 113 Å². The normalized spacial score (nSPS) is 22.6. The molecule has 0 aromatic carbocycles. The number of hydrogen-bond donors (Lipinski definition) is 2. The summed E-state index contributed by atoms with van der Waals surface area (Å²) in [6.45, 7) is 17.6. The second kappa shape index (κ2) is 10.9. The molecular formula is C15H30N2O. The molecule has 0 saturated heterocycles. The molecule has 0 fully saturated rings. The maximum atomic E-state index is 9.88. The summed E-state index contributed by atoms with van der Waals surface area (Å²) < 4.78 is 0. The van der Waals surface area contributed by atoms with Gasteiger partial charge in [0.15, 0.2) is 0 Å². The summed E-state index contributed by atoms with van der Waals surface area (Å²) in [6, 6.07) is 0.270. The van der Waals surface area contributed by atoms with Gasteiger partial charge in [0.1, 0.15) is 0 Å². The fourth-order valence-electron chi connectivity index (χ4n) is 1.48. The van der Waals surface area contributed by atoms with E-state index in [1.54, 1.807) is 6.08 Å². The van der Waals surface area contributed by atoms with Crippen molar-refractivity contribution in [3.05, 3.63) is 36.2 Å². The van der Waals surface area contributed by atoms with Crippen LogP contribution in [0.3, 0.4) is 0 Å². The molecule has 106 valence electrons. The summed E-state index contributed by atoms with van der Waals surface area (Å²) in [6.07, 6.45) is 5.49. The van der Waals surface area contributed by atoms with Gasteiger partial charge in [0.05, 0.1) is 17.4 Å². The van der Waals surface area contributed by atoms with Gasteiger partial charge < -0.3 is 5.32 Å². The maximum Gasteiger partial charge on any atom is 0.0866 e. The van der Waals surface area contributed by atoms with Gasteiger partial charge in [-0.1, -0.05) is 40.3 Å². The van der Waals surface area contributed by atoms with E-state index in [-0.39, 0.29) is 12.1 Å². The van der Waals surface area contributed by atoms with Crippen molar-refractivity contribution in [2.45, 2.75) is 60.5 Å². The molecule has 0 saturated carbocycles. The number of hydrogen-bond acceptors (Lipinski definition) is 3. The third-order valence-electron chi connectivity index (χ3n) is 2.54. The van der Waals surface area contributed by atoms with Crippen LogP contribution >= 0.6 is 0 Å². The van der Waals surface area contributed by atoms with Crippen LogP contribution in [-0.2, 0) is 0 Å². The molecule has 1 aliphatic rings. The molecule has 0 aliphatic carbocycles. The average Bonchev–Trinajstić information content (AvgIpc) is 2.43. The van der Waals surface area contributed by atoms with E-state index in [2.05, 4.69) is 11.9 Å². The molecule has 3 heteroatoms. The lowest BCUT2D eigenvalue weighted by molar-refractivity contribution is -0.0984. The fraction of sp³-hybridized carbons (Fsp3) is 0.600. The van der Waals surface area contributed by atoms with Crippen LogP contribution in [0, 0.1) is 0 Å². The SMILES string of the molecule is C=CC1=C(/C=C\C)N(O)C(C)C(C)N1.CC.CC. The van der Waals surface area contributed by atoms with Crippen molar-refractivity contribution in [1.29, 1.82) is 0 Å². The molecule has 18 heavy (non-hydrogen) atoms. The lowest BCUT2D eigenvalue weighted by Gasteiger charge is -2.37. The van der Waals surface area contributed by atoms with E-state index in [1.807, 2.05) is 60.6 Å². The number of nitrogens with zero attached hydrogens (tertiary/aromatic N) is 1. The van der Waals surface area contributed by atoms with Crippen molar-refractivity contribution in [3.8, 4) is 0 Å². The van der Waals surface area contributed by atoms with E-state index in [1.165, 1.54) is 5.06 Å². The first kappa shape index (κ1) is 19.1. The number of allylic oxidation sites excluding steroid dienone is 3. The van der Waals surface area contributed by atoms with Crippen LogP contribution in [-0.4, -0.2) is 22.4 Å². The van der Waals surface area contributed by atoms with Gasteiger partial charge in [0.2, 0.25) is 0 Å². The van der Waals surface area contributed by atoms with E-state index < -0.39 is 0 Å². The summed E-state index contributed by atoms with van der Waals surface area (Å²) >= 11 is 0. The molecule has 1 aliphatic heterocycles. The third kappa shape index (κ3) is 4.96. The van der Waals surface area contributed by atoms with Gasteiger partial charge in [-0.2, -0.15) is 0 Å². The average molecular weight is 254 g/mol. The van der Waals surface area contributed by atoms with Gasteiger partial charge in [-0.05, 0) is 32.9 Å². The van der Waals surface area contributed by atoms with Gasteiger partial charge >= 0.3 is 0 Å². The van der Waals surface area contributed by atoms with Crippen LogP contribution in [0.5, 0.6) is 0 Å². The predicted octanol–water partition coefficient (Wildman–Crippen LogP) is 4.08. The van der Waals surface area contributed by atoms with Gasteiger partial charge in [-0.15, -0.1) is 0 Å². The quantitative estimate of drug-likeness (QED) is 0.779. The van der Waals surface area contributed by atoms with Crippen LogP contribution in [0.25, 0.3) is 0 Å². The van der Waals surface area contributed by atoms with Gasteiger partial charge in [0, 0.05) is 6.04 Å². The summed E-state index contributed by atoms with van der Waals surface area (Å²) in [4.78, 5) is 0. The van der Waals surface area contributed by atoms with Crippen molar-refractivity contribution in [2.24, 2.45) is 0 Å². The summed E-state index contributed by atoms with van der Waals surface area (Å²) in [7, 11) is 0. The van der Waals surface area contributed by atoms with Crippen LogP contribution in [0.4, 0.5) is 0 Å². The molecule has 0 aromatic rings. The first-order valence-corrected chi connectivity index (χ1v) is 6.85. The molecule has 1 heterocycles. The Morgan fingerprint density at radius 2 is 1.72 bits per heavy atom. The molecule has 1 rings (SSSR count). The topological polar surface area (TPSA) is 35.5 Å². The minimum absolute atomic E-state index is 0.0601. The van der Waals surface area contributed by atoms with Crippen molar-refractivity contribution < 1.29 is 5.21 Å². The summed E-state index contributed by atoms with van der Waals surface area (Å²) in [5, 5.41) is 14.5. The second-order valence-electron chi connectivity index (χ2n) is 3.52. The van der Waals surface area contributed by atoms with E-state index in [0.717, 1.165) is 11.4 Å². The van der Waals surface area contributed by atoms with E-state index in [9.17, 15) is 5.21 Å². The molecule has 0 radical (unpaired) electrons. The lowest BCUT2D eigenvalue weighted by atomic mass is 10.1. The highest BCUT2D eigenvalue weighted by Gasteiger charge is 2.26. The highest BCUT2D eigenvalue weighted by atomic mass is 16.5. The van der Waals surface area contributed by atoms with Crippen molar-refractivity contribution >= 4 is 0 Å². The lowest BCUT2D eigenvalue weighted by Crippen LogP contribution is -2.49. The minimum atomic E-state index is 0.0601. The summed E-state index contributed by atoms with van der Waals surface area (Å²) in [5.74, 6) is 0. The first-order chi connectivity index (χ1) is 8.61. The Hall–Kier alpha value is -1.22. The maximum absolute atomic E-state index is 9.88. The monoisotopic (exact) mass is 254 g/mol. The van der Waals surface area contributed by atoms with Crippen LogP contribution < -0.4 is 5.32 Å². The second-order valence-corrected chi connectivity index (χ2v) is 3.52. The molecule has 3 nitrogen and oxygen atoms in total. The zero-order valence-electron chi connectivity index (χ0n) is 13.0. The Balaban J connectivity index is 0. The Bertz CT molecular complexity index is 282. The third-order valence-corrected chi connectivity index (χ3v) is 2.54. The molecule has 2 atom stereocenters. The zero-order chi connectivity index (χ0) is 14.7. The molecule has 2 unspecified atom stereocenters. The van der Waals surface area contributed by atoms with Gasteiger partial charge in [0.25, 0.3) is 0 Å². The van der Waals surface area contributed by atoms with Crippen molar-refractivity contribution in [2.75, 3.05) is 0 Å². The van der Waals surface area contributed by atoms with Gasteiger partial charge in [-0.3, -0.25) is 10.3 Å². The Kier molecular flexibility index (Phi) is 11.6. The van der Waals surface area contributed by atoms with E-state index in [0.29, 0.717) is 0 Å².